The lowest BCUT2D eigenvalue weighted by Crippen LogP contribution is -2.34. The first-order chi connectivity index (χ1) is 15.4. The van der Waals surface area contributed by atoms with Crippen molar-refractivity contribution in [2.24, 2.45) is 0 Å². The van der Waals surface area contributed by atoms with Crippen LogP contribution < -0.4 is 4.90 Å². The van der Waals surface area contributed by atoms with Gasteiger partial charge in [0, 0.05) is 31.0 Å². The number of nitrogens with zero attached hydrogens (tertiary/aromatic N) is 7. The Balaban J connectivity index is 1.40. The third-order valence-corrected chi connectivity index (χ3v) is 5.83. The average Bonchev–Trinajstić information content (AvgIpc) is 3.26. The molecule has 3 aromatic heterocycles. The van der Waals surface area contributed by atoms with Crippen LogP contribution in [0.1, 0.15) is 35.8 Å². The molecule has 0 radical (unpaired) electrons. The monoisotopic (exact) mass is 439 g/mol. The van der Waals surface area contributed by atoms with E-state index in [1.54, 1.807) is 19.2 Å². The first-order valence-electron chi connectivity index (χ1n) is 10.3. The normalized spacial score (nSPS) is 15.4. The number of fused-ring (bicyclic) bond motifs is 1. The molecule has 164 valence electrons. The number of aryl methyl sites for hydroxylation is 1. The zero-order valence-electron chi connectivity index (χ0n) is 17.3. The Labute approximate surface area is 182 Å². The van der Waals surface area contributed by atoms with Crippen molar-refractivity contribution in [3.8, 4) is 11.3 Å². The number of rotatable bonds is 3. The predicted molar refractivity (Wildman–Crippen MR) is 112 cm³/mol. The molecule has 7 nitrogen and oxygen atoms in total. The number of halogens is 3. The van der Waals surface area contributed by atoms with Crippen molar-refractivity contribution in [1.82, 2.24) is 29.5 Å². The van der Waals surface area contributed by atoms with Crippen molar-refractivity contribution < 1.29 is 13.2 Å². The fraction of sp³-hybridized carbons (Fsp3) is 0.318. The SMILES string of the molecule is Cc1c(-c2ccnc(N3CCC(c4ccccc4)CC3)n2)cnc2nc(C(F)(F)F)nn12. The van der Waals surface area contributed by atoms with Crippen molar-refractivity contribution in [2.45, 2.75) is 31.9 Å². The third-order valence-electron chi connectivity index (χ3n) is 5.83. The van der Waals surface area contributed by atoms with Gasteiger partial charge in [-0.15, -0.1) is 5.10 Å². The Morgan fingerprint density at radius 1 is 0.969 bits per heavy atom. The number of anilines is 1. The van der Waals surface area contributed by atoms with E-state index in [0.29, 0.717) is 28.8 Å². The molecule has 0 atom stereocenters. The molecule has 5 rings (SSSR count). The van der Waals surface area contributed by atoms with Gasteiger partial charge >= 0.3 is 6.18 Å². The predicted octanol–water partition coefficient (Wildman–Crippen LogP) is 4.29. The van der Waals surface area contributed by atoms with Crippen LogP contribution in [0.3, 0.4) is 0 Å². The molecule has 0 bridgehead atoms. The van der Waals surface area contributed by atoms with Gasteiger partial charge in [0.1, 0.15) is 0 Å². The van der Waals surface area contributed by atoms with Crippen LogP contribution >= 0.6 is 0 Å². The second-order valence-electron chi connectivity index (χ2n) is 7.82. The van der Waals surface area contributed by atoms with E-state index in [0.717, 1.165) is 30.4 Å². The molecule has 0 saturated carbocycles. The minimum atomic E-state index is -4.63. The van der Waals surface area contributed by atoms with E-state index in [9.17, 15) is 13.2 Å². The summed E-state index contributed by atoms with van der Waals surface area (Å²) < 4.78 is 40.1. The van der Waals surface area contributed by atoms with Gasteiger partial charge in [-0.2, -0.15) is 18.2 Å². The summed E-state index contributed by atoms with van der Waals surface area (Å²) >= 11 is 0. The van der Waals surface area contributed by atoms with Crippen molar-refractivity contribution >= 4 is 11.7 Å². The lowest BCUT2D eigenvalue weighted by atomic mass is 9.90. The van der Waals surface area contributed by atoms with Gasteiger partial charge in [0.2, 0.25) is 5.95 Å². The Morgan fingerprint density at radius 3 is 2.44 bits per heavy atom. The molecule has 0 unspecified atom stereocenters. The van der Waals surface area contributed by atoms with Crippen LogP contribution in [0, 0.1) is 6.92 Å². The molecular formula is C22H20F3N7. The van der Waals surface area contributed by atoms with Gasteiger partial charge in [-0.3, -0.25) is 0 Å². The smallest absolute Gasteiger partial charge is 0.341 e. The second-order valence-corrected chi connectivity index (χ2v) is 7.82. The van der Waals surface area contributed by atoms with Crippen LogP contribution in [-0.2, 0) is 6.18 Å². The van der Waals surface area contributed by atoms with Crippen molar-refractivity contribution in [3.05, 3.63) is 65.9 Å². The summed E-state index contributed by atoms with van der Waals surface area (Å²) in [4.78, 5) is 18.8. The van der Waals surface area contributed by atoms with E-state index in [2.05, 4.69) is 54.2 Å². The molecule has 1 saturated heterocycles. The number of piperidine rings is 1. The van der Waals surface area contributed by atoms with Gasteiger partial charge in [-0.25, -0.2) is 19.5 Å². The maximum atomic E-state index is 13.0. The minimum absolute atomic E-state index is 0.101. The number of alkyl halides is 3. The molecule has 10 heteroatoms. The molecule has 32 heavy (non-hydrogen) atoms. The molecule has 1 aromatic carbocycles. The Bertz CT molecular complexity index is 1250. The minimum Gasteiger partial charge on any atom is -0.341 e. The largest absolute Gasteiger partial charge is 0.453 e. The molecule has 4 heterocycles. The van der Waals surface area contributed by atoms with E-state index < -0.39 is 12.0 Å². The van der Waals surface area contributed by atoms with Gasteiger partial charge < -0.3 is 4.90 Å². The highest BCUT2D eigenvalue weighted by molar-refractivity contribution is 5.63. The quantitative estimate of drug-likeness (QED) is 0.474. The number of hydrogen-bond donors (Lipinski definition) is 0. The second kappa shape index (κ2) is 7.85. The van der Waals surface area contributed by atoms with Crippen LogP contribution in [0.5, 0.6) is 0 Å². The third kappa shape index (κ3) is 3.76. The molecule has 1 fully saturated rings. The summed E-state index contributed by atoms with van der Waals surface area (Å²) in [5.41, 5.74) is 2.99. The van der Waals surface area contributed by atoms with E-state index >= 15 is 0 Å². The van der Waals surface area contributed by atoms with Crippen LogP contribution in [-0.4, -0.2) is 42.6 Å². The van der Waals surface area contributed by atoms with Crippen LogP contribution in [0.4, 0.5) is 19.1 Å². The fourth-order valence-electron chi connectivity index (χ4n) is 4.10. The Hall–Kier alpha value is -3.56. The Kier molecular flexibility index (Phi) is 4.99. The zero-order chi connectivity index (χ0) is 22.3. The molecule has 4 aromatic rings. The summed E-state index contributed by atoms with van der Waals surface area (Å²) in [6, 6.07) is 12.2. The summed E-state index contributed by atoms with van der Waals surface area (Å²) in [6.07, 6.45) is 0.515. The van der Waals surface area contributed by atoms with Gasteiger partial charge in [-0.05, 0) is 37.3 Å². The maximum Gasteiger partial charge on any atom is 0.453 e. The van der Waals surface area contributed by atoms with Crippen LogP contribution in [0.25, 0.3) is 17.0 Å². The number of hydrogen-bond acceptors (Lipinski definition) is 6. The summed E-state index contributed by atoms with van der Waals surface area (Å²) in [5.74, 6) is -0.200. The van der Waals surface area contributed by atoms with Crippen molar-refractivity contribution in [1.29, 1.82) is 0 Å². The summed E-state index contributed by atoms with van der Waals surface area (Å²) in [6.45, 7) is 3.33. The average molecular weight is 439 g/mol. The van der Waals surface area contributed by atoms with Crippen molar-refractivity contribution in [2.75, 3.05) is 18.0 Å². The van der Waals surface area contributed by atoms with E-state index in [1.165, 1.54) is 11.8 Å². The Morgan fingerprint density at radius 2 is 1.72 bits per heavy atom. The zero-order valence-corrected chi connectivity index (χ0v) is 17.3. The number of benzene rings is 1. The summed E-state index contributed by atoms with van der Waals surface area (Å²) in [7, 11) is 0. The maximum absolute atomic E-state index is 13.0. The van der Waals surface area contributed by atoms with E-state index in [1.807, 2.05) is 6.07 Å². The van der Waals surface area contributed by atoms with E-state index in [-0.39, 0.29) is 5.78 Å². The molecule has 0 N–H and O–H groups in total. The lowest BCUT2D eigenvalue weighted by Gasteiger charge is -2.32. The standard InChI is InChI=1S/C22H20F3N7/c1-14-17(13-27-21-29-19(22(23,24)25)30-32(14)21)18-7-10-26-20(28-18)31-11-8-16(9-12-31)15-5-3-2-4-6-15/h2-7,10,13,16H,8-9,11-12H2,1H3. The molecular weight excluding hydrogens is 419 g/mol. The van der Waals surface area contributed by atoms with Crippen molar-refractivity contribution in [3.63, 3.8) is 0 Å². The lowest BCUT2D eigenvalue weighted by molar-refractivity contribution is -0.144. The van der Waals surface area contributed by atoms with Gasteiger partial charge in [-0.1, -0.05) is 30.3 Å². The highest BCUT2D eigenvalue weighted by Crippen LogP contribution is 2.31. The van der Waals surface area contributed by atoms with E-state index in [4.69, 9.17) is 0 Å². The first-order valence-corrected chi connectivity index (χ1v) is 10.3. The topological polar surface area (TPSA) is 72.1 Å². The highest BCUT2D eigenvalue weighted by Gasteiger charge is 2.36. The number of aromatic nitrogens is 6. The van der Waals surface area contributed by atoms with Gasteiger partial charge in [0.25, 0.3) is 11.6 Å². The fourth-order valence-corrected chi connectivity index (χ4v) is 4.10. The first kappa shape index (κ1) is 20.3. The summed E-state index contributed by atoms with van der Waals surface area (Å²) in [5, 5.41) is 3.58. The molecule has 0 spiro atoms. The van der Waals surface area contributed by atoms with Crippen LogP contribution in [0.15, 0.2) is 48.8 Å². The van der Waals surface area contributed by atoms with Crippen LogP contribution in [0.2, 0.25) is 0 Å². The van der Waals surface area contributed by atoms with Gasteiger partial charge in [0.05, 0.1) is 11.4 Å². The highest BCUT2D eigenvalue weighted by atomic mass is 19.4. The molecule has 0 amide bonds. The molecule has 1 aliphatic heterocycles. The molecule has 0 aliphatic carbocycles. The van der Waals surface area contributed by atoms with Gasteiger partial charge in [0.15, 0.2) is 0 Å². The molecule has 1 aliphatic rings.